The third kappa shape index (κ3) is 5.60. The molecule has 1 unspecified atom stereocenters. The molecule has 0 radical (unpaired) electrons. The van der Waals surface area contributed by atoms with Gasteiger partial charge in [-0.15, -0.1) is 10.2 Å². The van der Waals surface area contributed by atoms with Gasteiger partial charge in [0.2, 0.25) is 15.0 Å². The molecule has 0 aliphatic heterocycles. The summed E-state index contributed by atoms with van der Waals surface area (Å²) in [5, 5.41) is 8.25. The number of nitrogens with two attached hydrogens (primary N) is 1. The molecule has 3 rings (SSSR count). The number of benzene rings is 2. The molecule has 0 spiro atoms. The monoisotopic (exact) mass is 440 g/mol. The fourth-order valence-corrected chi connectivity index (χ4v) is 4.96. The molecule has 0 bridgehead atoms. The van der Waals surface area contributed by atoms with Crippen molar-refractivity contribution >= 4 is 9.84 Å². The zero-order chi connectivity index (χ0) is 22.6. The lowest BCUT2D eigenvalue weighted by molar-refractivity contribution is 0.537. The molecule has 0 saturated heterocycles. The molecule has 7 heteroatoms. The van der Waals surface area contributed by atoms with Crippen molar-refractivity contribution < 1.29 is 8.42 Å². The molecule has 0 aliphatic rings. The number of sulfone groups is 1. The van der Waals surface area contributed by atoms with Gasteiger partial charge in [-0.25, -0.2) is 8.42 Å². The number of nitrogens with zero attached hydrogens (tertiary/aromatic N) is 3. The zero-order valence-electron chi connectivity index (χ0n) is 18.7. The molecule has 6 nitrogen and oxygen atoms in total. The van der Waals surface area contributed by atoms with Crippen LogP contribution >= 0.6 is 0 Å². The highest BCUT2D eigenvalue weighted by Gasteiger charge is 2.27. The first-order chi connectivity index (χ1) is 14.6. The Morgan fingerprint density at radius 2 is 1.61 bits per heavy atom. The largest absolute Gasteiger partial charge is 0.321 e. The van der Waals surface area contributed by atoms with Crippen LogP contribution in [0.25, 0.3) is 0 Å². The first kappa shape index (κ1) is 23.2. The van der Waals surface area contributed by atoms with Crippen LogP contribution in [0.1, 0.15) is 69.1 Å². The van der Waals surface area contributed by atoms with E-state index >= 15 is 0 Å². The maximum atomic E-state index is 13.3. The summed E-state index contributed by atoms with van der Waals surface area (Å²) in [4.78, 5) is 0. The Bertz CT molecular complexity index is 1100. The van der Waals surface area contributed by atoms with E-state index in [0.717, 1.165) is 23.1 Å². The summed E-state index contributed by atoms with van der Waals surface area (Å²) < 4.78 is 28.3. The normalized spacial score (nSPS) is 13.3. The van der Waals surface area contributed by atoms with Crippen LogP contribution in [0.3, 0.4) is 0 Å². The summed E-state index contributed by atoms with van der Waals surface area (Å²) in [7, 11) is -3.71. The van der Waals surface area contributed by atoms with E-state index in [9.17, 15) is 8.42 Å². The lowest BCUT2D eigenvalue weighted by atomic mass is 9.87. The fourth-order valence-electron chi connectivity index (χ4n) is 3.54. The van der Waals surface area contributed by atoms with Crippen molar-refractivity contribution in [3.05, 3.63) is 77.1 Å². The minimum atomic E-state index is -3.71. The van der Waals surface area contributed by atoms with Gasteiger partial charge in [-0.3, -0.25) is 4.57 Å². The van der Waals surface area contributed by atoms with Crippen molar-refractivity contribution in [2.75, 3.05) is 0 Å². The molecule has 1 atom stereocenters. The second kappa shape index (κ2) is 9.32. The quantitative estimate of drug-likeness (QED) is 0.561. The molecule has 0 saturated carbocycles. The SMILES string of the molecule is CCCC(N)c1nnc(S(=O)(=O)Cc2ccc(C(C)(C)C)cc2)n1Cc1ccccc1. The predicted octanol–water partition coefficient (Wildman–Crippen LogP) is 4.40. The third-order valence-electron chi connectivity index (χ3n) is 5.32. The van der Waals surface area contributed by atoms with Crippen LogP contribution in [-0.2, 0) is 27.5 Å². The molecule has 2 aromatic carbocycles. The van der Waals surface area contributed by atoms with Gasteiger partial charge in [0.15, 0.2) is 5.82 Å². The van der Waals surface area contributed by atoms with Crippen molar-refractivity contribution in [3.63, 3.8) is 0 Å². The summed E-state index contributed by atoms with van der Waals surface area (Å²) in [5.41, 5.74) is 9.18. The van der Waals surface area contributed by atoms with E-state index in [1.165, 1.54) is 0 Å². The lowest BCUT2D eigenvalue weighted by Gasteiger charge is -2.19. The highest BCUT2D eigenvalue weighted by atomic mass is 32.2. The molecule has 0 fully saturated rings. The van der Waals surface area contributed by atoms with Gasteiger partial charge >= 0.3 is 0 Å². The van der Waals surface area contributed by atoms with Gasteiger partial charge < -0.3 is 5.73 Å². The third-order valence-corrected chi connectivity index (χ3v) is 6.89. The highest BCUT2D eigenvalue weighted by Crippen LogP contribution is 2.25. The summed E-state index contributed by atoms with van der Waals surface area (Å²) in [6.45, 7) is 8.79. The standard InChI is InChI=1S/C24H32N4O2S/c1-5-9-21(25)22-26-27-23(28(22)16-18-10-7-6-8-11-18)31(29,30)17-19-12-14-20(15-13-19)24(2,3)4/h6-8,10-15,21H,5,9,16-17,25H2,1-4H3. The van der Waals surface area contributed by atoms with E-state index in [1.54, 1.807) is 4.57 Å². The Morgan fingerprint density at radius 1 is 0.968 bits per heavy atom. The van der Waals surface area contributed by atoms with Crippen LogP contribution in [0.4, 0.5) is 0 Å². The van der Waals surface area contributed by atoms with Crippen LogP contribution in [0, 0.1) is 0 Å². The van der Waals surface area contributed by atoms with Gasteiger partial charge in [-0.05, 0) is 28.5 Å². The van der Waals surface area contributed by atoms with E-state index < -0.39 is 9.84 Å². The molecular weight excluding hydrogens is 408 g/mol. The van der Waals surface area contributed by atoms with Crippen molar-refractivity contribution in [2.24, 2.45) is 5.73 Å². The Kier molecular flexibility index (Phi) is 6.96. The number of hydrogen-bond acceptors (Lipinski definition) is 5. The first-order valence-electron chi connectivity index (χ1n) is 10.7. The van der Waals surface area contributed by atoms with Crippen LogP contribution in [0.2, 0.25) is 0 Å². The van der Waals surface area contributed by atoms with Crippen LogP contribution < -0.4 is 5.73 Å². The van der Waals surface area contributed by atoms with Crippen LogP contribution in [-0.4, -0.2) is 23.2 Å². The van der Waals surface area contributed by atoms with E-state index in [4.69, 9.17) is 5.73 Å². The van der Waals surface area contributed by atoms with Gasteiger partial charge in [0.25, 0.3) is 0 Å². The van der Waals surface area contributed by atoms with Gasteiger partial charge in [-0.1, -0.05) is 88.7 Å². The van der Waals surface area contributed by atoms with E-state index in [0.29, 0.717) is 18.8 Å². The lowest BCUT2D eigenvalue weighted by Crippen LogP contribution is -2.20. The van der Waals surface area contributed by atoms with E-state index in [-0.39, 0.29) is 22.4 Å². The minimum absolute atomic E-state index is 0.0115. The average molecular weight is 441 g/mol. The molecule has 0 amide bonds. The number of aromatic nitrogens is 3. The Morgan fingerprint density at radius 3 is 2.19 bits per heavy atom. The Balaban J connectivity index is 1.96. The Hall–Kier alpha value is -2.51. The predicted molar refractivity (Wildman–Crippen MR) is 123 cm³/mol. The summed E-state index contributed by atoms with van der Waals surface area (Å²) >= 11 is 0. The van der Waals surface area contributed by atoms with Crippen molar-refractivity contribution in [2.45, 2.75) is 69.4 Å². The molecular formula is C24H32N4O2S. The van der Waals surface area contributed by atoms with Gasteiger partial charge in [0.1, 0.15) is 0 Å². The van der Waals surface area contributed by atoms with Crippen LogP contribution in [0.15, 0.2) is 59.8 Å². The molecule has 166 valence electrons. The molecule has 1 aromatic heterocycles. The van der Waals surface area contributed by atoms with Gasteiger partial charge in [0.05, 0.1) is 18.3 Å². The number of rotatable bonds is 8. The van der Waals surface area contributed by atoms with Crippen molar-refractivity contribution in [1.82, 2.24) is 14.8 Å². The fraction of sp³-hybridized carbons (Fsp3) is 0.417. The zero-order valence-corrected chi connectivity index (χ0v) is 19.6. The molecule has 31 heavy (non-hydrogen) atoms. The van der Waals surface area contributed by atoms with Gasteiger partial charge in [-0.2, -0.15) is 0 Å². The molecule has 1 heterocycles. The second-order valence-electron chi connectivity index (χ2n) is 9.01. The highest BCUT2D eigenvalue weighted by molar-refractivity contribution is 7.90. The topological polar surface area (TPSA) is 90.9 Å². The summed E-state index contributed by atoms with van der Waals surface area (Å²) in [6, 6.07) is 17.1. The van der Waals surface area contributed by atoms with E-state index in [1.807, 2.05) is 61.5 Å². The maximum Gasteiger partial charge on any atom is 0.250 e. The average Bonchev–Trinajstić information content (AvgIpc) is 3.13. The van der Waals surface area contributed by atoms with Crippen molar-refractivity contribution in [3.8, 4) is 0 Å². The summed E-state index contributed by atoms with van der Waals surface area (Å²) in [6.07, 6.45) is 1.59. The van der Waals surface area contributed by atoms with E-state index in [2.05, 4.69) is 31.0 Å². The summed E-state index contributed by atoms with van der Waals surface area (Å²) in [5.74, 6) is 0.375. The van der Waals surface area contributed by atoms with Crippen molar-refractivity contribution in [1.29, 1.82) is 0 Å². The molecule has 3 aromatic rings. The van der Waals surface area contributed by atoms with Crippen LogP contribution in [0.5, 0.6) is 0 Å². The first-order valence-corrected chi connectivity index (χ1v) is 12.3. The number of hydrogen-bond donors (Lipinski definition) is 1. The Labute approximate surface area is 185 Å². The molecule has 2 N–H and O–H groups in total. The minimum Gasteiger partial charge on any atom is -0.321 e. The maximum absolute atomic E-state index is 13.3. The van der Waals surface area contributed by atoms with Gasteiger partial charge in [0, 0.05) is 0 Å². The molecule has 0 aliphatic carbocycles. The second-order valence-corrected chi connectivity index (χ2v) is 10.9. The smallest absolute Gasteiger partial charge is 0.250 e.